The number of ether oxygens (including phenoxy) is 1. The number of amides is 4. The summed E-state index contributed by atoms with van der Waals surface area (Å²) in [6.07, 6.45) is 2.15. The number of aromatic nitrogens is 2. The van der Waals surface area contributed by atoms with Crippen LogP contribution < -0.4 is 20.9 Å². The van der Waals surface area contributed by atoms with Gasteiger partial charge in [0.1, 0.15) is 23.2 Å². The van der Waals surface area contributed by atoms with Crippen LogP contribution in [-0.4, -0.2) is 76.7 Å². The Morgan fingerprint density at radius 3 is 2.07 bits per heavy atom. The fraction of sp³-hybridized carbons (Fsp3) is 0.378. The van der Waals surface area contributed by atoms with Crippen LogP contribution in [0.1, 0.15) is 66.0 Å². The Labute approximate surface area is 350 Å². The number of benzene rings is 3. The van der Waals surface area contributed by atoms with E-state index < -0.39 is 80.0 Å². The van der Waals surface area contributed by atoms with Gasteiger partial charge in [-0.2, -0.15) is 5.10 Å². The molecule has 1 saturated carbocycles. The van der Waals surface area contributed by atoms with Crippen molar-refractivity contribution in [3.63, 3.8) is 0 Å². The van der Waals surface area contributed by atoms with E-state index in [1.54, 1.807) is 66.8 Å². The first-order valence-corrected chi connectivity index (χ1v) is 21.2. The second kappa shape index (κ2) is 16.5. The summed E-state index contributed by atoms with van der Waals surface area (Å²) in [4.78, 5) is 72.3. The van der Waals surface area contributed by atoms with E-state index in [9.17, 15) is 32.4 Å². The third-order valence-corrected chi connectivity index (χ3v) is 12.1. The number of rotatable bonds is 11. The first-order chi connectivity index (χ1) is 28.1. The van der Waals surface area contributed by atoms with Crippen LogP contribution in [0.15, 0.2) is 113 Å². The maximum Gasteiger partial charge on any atom is 0.408 e. The lowest BCUT2D eigenvalue weighted by atomic mass is 9.85. The summed E-state index contributed by atoms with van der Waals surface area (Å²) in [5.74, 6) is -2.99. The van der Waals surface area contributed by atoms with Gasteiger partial charge >= 0.3 is 6.09 Å². The Kier molecular flexibility index (Phi) is 12.0. The van der Waals surface area contributed by atoms with Crippen molar-refractivity contribution in [3.05, 3.63) is 120 Å². The van der Waals surface area contributed by atoms with E-state index >= 15 is 0 Å². The number of hydrogen-bond acceptors (Lipinski definition) is 9. The Bertz CT molecular complexity index is 2460. The molecule has 0 bridgehead atoms. The highest BCUT2D eigenvalue weighted by Gasteiger charge is 2.61. The monoisotopic (exact) mass is 836 g/mol. The molecule has 3 aromatic carbocycles. The second-order valence-corrected chi connectivity index (χ2v) is 19.2. The van der Waals surface area contributed by atoms with E-state index in [-0.39, 0.29) is 24.3 Å². The highest BCUT2D eigenvalue weighted by Crippen LogP contribution is 2.45. The molecule has 2 aliphatic rings. The summed E-state index contributed by atoms with van der Waals surface area (Å²) in [7, 11) is -4.33. The van der Waals surface area contributed by atoms with Gasteiger partial charge in [0, 0.05) is 24.4 Å². The molecule has 60 heavy (non-hydrogen) atoms. The molecule has 2 fully saturated rings. The van der Waals surface area contributed by atoms with Crippen LogP contribution in [-0.2, 0) is 29.1 Å². The van der Waals surface area contributed by atoms with Gasteiger partial charge in [0.2, 0.25) is 11.8 Å². The molecule has 1 aliphatic heterocycles. The van der Waals surface area contributed by atoms with E-state index in [2.05, 4.69) is 27.0 Å². The Balaban J connectivity index is 1.39. The van der Waals surface area contributed by atoms with Gasteiger partial charge < -0.3 is 20.3 Å². The van der Waals surface area contributed by atoms with Crippen LogP contribution in [0.4, 0.5) is 4.79 Å². The van der Waals surface area contributed by atoms with Crippen molar-refractivity contribution in [1.29, 1.82) is 0 Å². The van der Waals surface area contributed by atoms with Gasteiger partial charge in [0.05, 0.1) is 22.7 Å². The number of nitrogens with zero attached hydrogens (tertiary/aromatic N) is 3. The van der Waals surface area contributed by atoms with Crippen molar-refractivity contribution >= 4 is 33.8 Å². The average Bonchev–Trinajstić information content (AvgIpc) is 3.72. The van der Waals surface area contributed by atoms with Crippen molar-refractivity contribution in [3.8, 4) is 22.3 Å². The first kappa shape index (κ1) is 43.5. The van der Waals surface area contributed by atoms with E-state index in [0.717, 1.165) is 11.1 Å². The van der Waals surface area contributed by atoms with Gasteiger partial charge in [-0.15, -0.1) is 6.58 Å². The second-order valence-electron chi connectivity index (χ2n) is 17.5. The quantitative estimate of drug-likeness (QED) is 0.163. The molecule has 1 aromatic heterocycles. The van der Waals surface area contributed by atoms with Crippen LogP contribution in [0.5, 0.6) is 0 Å². The number of hydrogen-bond donors (Lipinski definition) is 3. The zero-order valence-electron chi connectivity index (χ0n) is 34.9. The zero-order valence-corrected chi connectivity index (χ0v) is 35.7. The van der Waals surface area contributed by atoms with Crippen LogP contribution in [0.2, 0.25) is 0 Å². The molecule has 2 heterocycles. The predicted octanol–water partition coefficient (Wildman–Crippen LogP) is 5.53. The van der Waals surface area contributed by atoms with Gasteiger partial charge in [-0.05, 0) is 62.8 Å². The molecule has 0 spiro atoms. The van der Waals surface area contributed by atoms with Gasteiger partial charge in [-0.25, -0.2) is 22.6 Å². The topological polar surface area (TPSA) is 186 Å². The van der Waals surface area contributed by atoms with Crippen LogP contribution in [0, 0.1) is 18.3 Å². The highest BCUT2D eigenvalue weighted by atomic mass is 32.2. The van der Waals surface area contributed by atoms with E-state index in [0.29, 0.717) is 16.7 Å². The van der Waals surface area contributed by atoms with Crippen molar-refractivity contribution in [2.24, 2.45) is 11.3 Å². The number of sulfonamides is 1. The lowest BCUT2D eigenvalue weighted by Gasteiger charge is -2.36. The summed E-state index contributed by atoms with van der Waals surface area (Å²) < 4.78 is 35.5. The summed E-state index contributed by atoms with van der Waals surface area (Å²) in [6.45, 7) is 15.8. The molecule has 4 aromatic rings. The van der Waals surface area contributed by atoms with Crippen molar-refractivity contribution < 1.29 is 32.3 Å². The van der Waals surface area contributed by atoms with Crippen molar-refractivity contribution in [2.75, 3.05) is 6.54 Å². The average molecular weight is 837 g/mol. The normalized spacial score (nSPS) is 20.7. The summed E-state index contributed by atoms with van der Waals surface area (Å²) >= 11 is 0. The molecule has 1 saturated heterocycles. The third-order valence-electron chi connectivity index (χ3n) is 10.7. The number of carbonyl (C=O) groups excluding carboxylic acids is 4. The van der Waals surface area contributed by atoms with Gasteiger partial charge in [-0.3, -0.25) is 19.2 Å². The van der Waals surface area contributed by atoms with E-state index in [4.69, 9.17) is 4.74 Å². The summed E-state index contributed by atoms with van der Waals surface area (Å²) in [5, 5.41) is 10.1. The lowest BCUT2D eigenvalue weighted by molar-refractivity contribution is -0.143. The van der Waals surface area contributed by atoms with Crippen LogP contribution in [0.25, 0.3) is 22.3 Å². The van der Waals surface area contributed by atoms with Gasteiger partial charge in [0.15, 0.2) is 0 Å². The molecule has 5 atom stereocenters. The minimum Gasteiger partial charge on any atom is -0.444 e. The van der Waals surface area contributed by atoms with Gasteiger partial charge in [0.25, 0.3) is 21.5 Å². The smallest absolute Gasteiger partial charge is 0.408 e. The minimum absolute atomic E-state index is 0.0504. The molecule has 0 unspecified atom stereocenters. The molecule has 0 radical (unpaired) electrons. The van der Waals surface area contributed by atoms with Crippen molar-refractivity contribution in [2.45, 2.75) is 95.5 Å². The maximum atomic E-state index is 14.8. The number of aryl methyl sites for hydroxylation is 1. The Morgan fingerprint density at radius 2 is 1.52 bits per heavy atom. The third kappa shape index (κ3) is 9.20. The first-order valence-electron chi connectivity index (χ1n) is 19.8. The standard InChI is InChI=1S/C45H52N6O8S/c1-9-31-25-45(31,41(55)49-60(57,58)33-22-20-28(2)21-23-33)48-38(52)35-24-32(27-50(35)40(54)37(43(3,4)5)47-42(56)59-44(6,7)8)51-39(53)36(30-18-14-11-15-19-30)34(26-46-51)29-16-12-10-13-17-29/h9-23,26,31-32,35,37H,1,24-25,27H2,2-8H3,(H,47,56)(H,48,52)(H,49,55)/t31-,32-,35+,37-,45-/m1/s1. The molecule has 6 rings (SSSR count). The molecule has 4 amide bonds. The minimum atomic E-state index is -4.33. The van der Waals surface area contributed by atoms with Crippen LogP contribution >= 0.6 is 0 Å². The molecular weight excluding hydrogens is 785 g/mol. The number of alkyl carbamates (subject to hydrolysis) is 1. The SMILES string of the molecule is C=C[C@@H]1C[C@]1(NC(=O)[C@@H]1C[C@@H](n2ncc(-c3ccccc3)c(-c3ccccc3)c2=O)CN1C(=O)[C@@H](NC(=O)OC(C)(C)C)C(C)(C)C)C(=O)NS(=O)(=O)c1ccc(C)cc1. The maximum absolute atomic E-state index is 14.8. The molecule has 1 aliphatic carbocycles. The number of nitrogens with one attached hydrogen (secondary N) is 3. The van der Waals surface area contributed by atoms with Crippen LogP contribution in [0.3, 0.4) is 0 Å². The molecule has 316 valence electrons. The molecular formula is C45H52N6O8S. The molecule has 14 nitrogen and oxygen atoms in total. The highest BCUT2D eigenvalue weighted by molar-refractivity contribution is 7.90. The Morgan fingerprint density at radius 1 is 0.917 bits per heavy atom. The molecule has 3 N–H and O–H groups in total. The summed E-state index contributed by atoms with van der Waals surface area (Å²) in [5.41, 5.74) is -0.721. The number of likely N-dealkylation sites (tertiary alicyclic amines) is 1. The Hall–Kier alpha value is -6.09. The van der Waals surface area contributed by atoms with Crippen molar-refractivity contribution in [1.82, 2.24) is 30.0 Å². The molecule has 15 heteroatoms. The predicted molar refractivity (Wildman–Crippen MR) is 227 cm³/mol. The fourth-order valence-electron chi connectivity index (χ4n) is 7.50. The fourth-order valence-corrected chi connectivity index (χ4v) is 8.54. The van der Waals surface area contributed by atoms with Gasteiger partial charge in [-0.1, -0.05) is 105 Å². The summed E-state index contributed by atoms with van der Waals surface area (Å²) in [6, 6.07) is 21.1. The largest absolute Gasteiger partial charge is 0.444 e. The van der Waals surface area contributed by atoms with E-state index in [1.807, 2.05) is 60.7 Å². The number of carbonyl (C=O) groups is 4. The zero-order chi connectivity index (χ0) is 43.8. The lowest BCUT2D eigenvalue weighted by Crippen LogP contribution is -2.60. The van der Waals surface area contributed by atoms with E-state index in [1.165, 1.54) is 27.8 Å².